The predicted molar refractivity (Wildman–Crippen MR) is 132 cm³/mol. The van der Waals surface area contributed by atoms with Gasteiger partial charge >= 0.3 is 0 Å². The first-order valence-electron chi connectivity index (χ1n) is 10.7. The molecule has 0 radical (unpaired) electrons. The highest BCUT2D eigenvalue weighted by atomic mass is 16.5. The number of nitrogens with one attached hydrogen (secondary N) is 1. The summed E-state index contributed by atoms with van der Waals surface area (Å²) in [4.78, 5) is 17.0. The van der Waals surface area contributed by atoms with Crippen molar-refractivity contribution in [3.63, 3.8) is 0 Å². The summed E-state index contributed by atoms with van der Waals surface area (Å²) in [5.41, 5.74) is 2.04. The van der Waals surface area contributed by atoms with E-state index in [1.54, 1.807) is 31.0 Å². The van der Waals surface area contributed by atoms with E-state index in [0.29, 0.717) is 34.4 Å². The fourth-order valence-corrected chi connectivity index (χ4v) is 3.92. The number of aromatic nitrogens is 2. The molecule has 34 heavy (non-hydrogen) atoms. The average Bonchev–Trinajstić information content (AvgIpc) is 3.29. The van der Waals surface area contributed by atoms with Crippen LogP contribution in [0.15, 0.2) is 79.1 Å². The zero-order chi connectivity index (χ0) is 23.7. The molecule has 7 nitrogen and oxygen atoms in total. The number of aryl methyl sites for hydroxylation is 1. The van der Waals surface area contributed by atoms with Gasteiger partial charge in [0.1, 0.15) is 17.2 Å². The molecule has 0 aliphatic carbocycles. The third kappa shape index (κ3) is 3.99. The van der Waals surface area contributed by atoms with Gasteiger partial charge in [0.2, 0.25) is 0 Å². The maximum atomic E-state index is 12.6. The molecule has 0 saturated heterocycles. The van der Waals surface area contributed by atoms with E-state index in [2.05, 4.69) is 10.3 Å². The Morgan fingerprint density at radius 1 is 0.882 bits per heavy atom. The number of hydrogen-bond donors (Lipinski definition) is 1. The van der Waals surface area contributed by atoms with Crippen LogP contribution < -0.4 is 19.5 Å². The maximum absolute atomic E-state index is 12.6. The van der Waals surface area contributed by atoms with Gasteiger partial charge in [0, 0.05) is 36.6 Å². The van der Waals surface area contributed by atoms with Crippen LogP contribution in [0.25, 0.3) is 21.7 Å². The van der Waals surface area contributed by atoms with Crippen molar-refractivity contribution < 1.29 is 19.0 Å². The van der Waals surface area contributed by atoms with Crippen LogP contribution in [-0.2, 0) is 7.05 Å². The lowest BCUT2D eigenvalue weighted by molar-refractivity contribution is 0.101. The number of benzene rings is 3. The number of nitrogens with zero attached hydrogens (tertiary/aromatic N) is 2. The van der Waals surface area contributed by atoms with Gasteiger partial charge < -0.3 is 24.1 Å². The second kappa shape index (κ2) is 8.78. The molecule has 0 saturated carbocycles. The molecule has 7 heteroatoms. The van der Waals surface area contributed by atoms with Crippen molar-refractivity contribution in [3.05, 3.63) is 84.8 Å². The fraction of sp³-hybridized carbons (Fsp3) is 0.111. The molecule has 2 aromatic heterocycles. The van der Waals surface area contributed by atoms with Crippen LogP contribution in [0, 0.1) is 0 Å². The summed E-state index contributed by atoms with van der Waals surface area (Å²) in [6, 6.07) is 20.8. The van der Waals surface area contributed by atoms with E-state index in [9.17, 15) is 4.79 Å². The van der Waals surface area contributed by atoms with Gasteiger partial charge in [-0.2, -0.15) is 0 Å². The normalized spacial score (nSPS) is 10.9. The van der Waals surface area contributed by atoms with Crippen molar-refractivity contribution in [1.82, 2.24) is 9.55 Å². The van der Waals surface area contributed by atoms with Gasteiger partial charge in [-0.1, -0.05) is 12.1 Å². The third-order valence-electron chi connectivity index (χ3n) is 5.68. The number of carbonyl (C=O) groups excluding carboxylic acids is 1. The minimum absolute atomic E-state index is 0.160. The highest BCUT2D eigenvalue weighted by Crippen LogP contribution is 2.37. The Bertz CT molecular complexity index is 1520. The zero-order valence-electron chi connectivity index (χ0n) is 19.0. The van der Waals surface area contributed by atoms with Crippen LogP contribution in [0.3, 0.4) is 0 Å². The first-order valence-corrected chi connectivity index (χ1v) is 10.7. The minimum Gasteiger partial charge on any atom is -0.493 e. The molecule has 1 N–H and O–H groups in total. The van der Waals surface area contributed by atoms with E-state index < -0.39 is 0 Å². The molecule has 0 spiro atoms. The second-order valence-corrected chi connectivity index (χ2v) is 7.82. The summed E-state index contributed by atoms with van der Waals surface area (Å²) in [5, 5.41) is 5.75. The first-order chi connectivity index (χ1) is 16.6. The summed E-state index contributed by atoms with van der Waals surface area (Å²) in [6.45, 7) is 0. The molecule has 0 aliphatic rings. The Balaban J connectivity index is 1.46. The van der Waals surface area contributed by atoms with Crippen LogP contribution >= 0.6 is 0 Å². The summed E-state index contributed by atoms with van der Waals surface area (Å²) >= 11 is 0. The number of methoxy groups -OCH3 is 2. The molecule has 170 valence electrons. The highest BCUT2D eigenvalue weighted by molar-refractivity contribution is 6.04. The molecular formula is C27H23N3O4. The van der Waals surface area contributed by atoms with Crippen LogP contribution in [0.4, 0.5) is 5.69 Å². The van der Waals surface area contributed by atoms with Crippen molar-refractivity contribution in [1.29, 1.82) is 0 Å². The smallest absolute Gasteiger partial charge is 0.272 e. The number of ether oxygens (including phenoxy) is 3. The van der Waals surface area contributed by atoms with Gasteiger partial charge in [-0.15, -0.1) is 0 Å². The molecule has 5 aromatic rings. The van der Waals surface area contributed by atoms with Crippen molar-refractivity contribution in [2.75, 3.05) is 19.5 Å². The number of pyridine rings is 1. The lowest BCUT2D eigenvalue weighted by Crippen LogP contribution is -2.15. The summed E-state index contributed by atoms with van der Waals surface area (Å²) in [7, 11) is 5.03. The van der Waals surface area contributed by atoms with Crippen LogP contribution in [0.1, 0.15) is 10.5 Å². The number of amides is 1. The van der Waals surface area contributed by atoms with Crippen LogP contribution in [0.5, 0.6) is 23.0 Å². The molecule has 0 aliphatic heterocycles. The number of fused-ring (bicyclic) bond motifs is 2. The Morgan fingerprint density at radius 2 is 1.68 bits per heavy atom. The molecule has 0 unspecified atom stereocenters. The predicted octanol–water partition coefficient (Wildman–Crippen LogP) is 5.79. The Kier molecular flexibility index (Phi) is 5.51. The summed E-state index contributed by atoms with van der Waals surface area (Å²) in [5.74, 6) is 2.37. The highest BCUT2D eigenvalue weighted by Gasteiger charge is 2.12. The number of anilines is 1. The quantitative estimate of drug-likeness (QED) is 0.352. The minimum atomic E-state index is -0.160. The van der Waals surface area contributed by atoms with Gasteiger partial charge in [0.25, 0.3) is 5.91 Å². The topological polar surface area (TPSA) is 74.6 Å². The largest absolute Gasteiger partial charge is 0.493 e. The fourth-order valence-electron chi connectivity index (χ4n) is 3.92. The number of hydrogen-bond acceptors (Lipinski definition) is 5. The van der Waals surface area contributed by atoms with Gasteiger partial charge in [-0.3, -0.25) is 9.78 Å². The van der Waals surface area contributed by atoms with E-state index in [0.717, 1.165) is 21.7 Å². The van der Waals surface area contributed by atoms with Crippen molar-refractivity contribution in [3.8, 4) is 23.0 Å². The van der Waals surface area contributed by atoms with Gasteiger partial charge in [-0.05, 0) is 59.3 Å². The SMILES string of the molecule is COc1cc2nccc(Oc3ccc4ccc(NC(=O)c5cccn5C)cc4c3)c2cc1OC. The number of rotatable bonds is 6. The summed E-state index contributed by atoms with van der Waals surface area (Å²) in [6.07, 6.45) is 3.54. The molecule has 0 fully saturated rings. The van der Waals surface area contributed by atoms with Crippen molar-refractivity contribution in [2.24, 2.45) is 7.05 Å². The van der Waals surface area contributed by atoms with E-state index in [1.165, 1.54) is 0 Å². The monoisotopic (exact) mass is 453 g/mol. The van der Waals surface area contributed by atoms with Gasteiger partial charge in [-0.25, -0.2) is 0 Å². The average molecular weight is 453 g/mol. The van der Waals surface area contributed by atoms with Crippen molar-refractivity contribution >= 4 is 33.3 Å². The summed E-state index contributed by atoms with van der Waals surface area (Å²) < 4.78 is 18.8. The zero-order valence-corrected chi connectivity index (χ0v) is 19.0. The van der Waals surface area contributed by atoms with Crippen molar-refractivity contribution in [2.45, 2.75) is 0 Å². The first kappa shape index (κ1) is 21.3. The maximum Gasteiger partial charge on any atom is 0.272 e. The molecular weight excluding hydrogens is 430 g/mol. The lowest BCUT2D eigenvalue weighted by atomic mass is 10.1. The Hall–Kier alpha value is -4.52. The van der Waals surface area contributed by atoms with Crippen LogP contribution in [-0.4, -0.2) is 29.7 Å². The van der Waals surface area contributed by atoms with Gasteiger partial charge in [0.05, 0.1) is 19.7 Å². The third-order valence-corrected chi connectivity index (χ3v) is 5.68. The van der Waals surface area contributed by atoms with E-state index in [4.69, 9.17) is 14.2 Å². The van der Waals surface area contributed by atoms with E-state index in [-0.39, 0.29) is 5.91 Å². The lowest BCUT2D eigenvalue weighted by Gasteiger charge is -2.13. The molecule has 2 heterocycles. The van der Waals surface area contributed by atoms with E-state index in [1.807, 2.05) is 73.9 Å². The molecule has 0 bridgehead atoms. The van der Waals surface area contributed by atoms with Crippen LogP contribution in [0.2, 0.25) is 0 Å². The molecule has 1 amide bonds. The molecule has 5 rings (SSSR count). The molecule has 3 aromatic carbocycles. The van der Waals surface area contributed by atoms with E-state index >= 15 is 0 Å². The standard InChI is InChI=1S/C27H23N3O4/c1-30-12-4-5-23(30)27(31)29-19-8-6-17-7-9-20(14-18(17)13-19)34-24-10-11-28-22-16-26(33-3)25(32-2)15-21(22)24/h4-16H,1-3H3,(H,29,31). The number of carbonyl (C=O) groups is 1. The Morgan fingerprint density at radius 3 is 2.44 bits per heavy atom. The molecule has 0 atom stereocenters. The Labute approximate surface area is 196 Å². The second-order valence-electron chi connectivity index (χ2n) is 7.82. The van der Waals surface area contributed by atoms with Gasteiger partial charge in [0.15, 0.2) is 11.5 Å².